The van der Waals surface area contributed by atoms with Crippen LogP contribution in [-0.4, -0.2) is 16.2 Å². The Balaban J connectivity index is 2.23. The third-order valence-corrected chi connectivity index (χ3v) is 4.14. The number of aromatic nitrogens is 1. The molecule has 0 amide bonds. The molecule has 0 aromatic carbocycles. The van der Waals surface area contributed by atoms with E-state index in [1.807, 2.05) is 12.1 Å². The Morgan fingerprint density at radius 1 is 1.39 bits per heavy atom. The monoisotopic (exact) mass is 312 g/mol. The average molecular weight is 313 g/mol. The summed E-state index contributed by atoms with van der Waals surface area (Å²) in [6, 6.07) is 3.88. The van der Waals surface area contributed by atoms with E-state index in [0.29, 0.717) is 0 Å². The lowest BCUT2D eigenvalue weighted by atomic mass is 9.80. The highest BCUT2D eigenvalue weighted by Crippen LogP contribution is 2.46. The fraction of sp³-hybridized carbons (Fsp3) is 0.643. The normalized spacial score (nSPS) is 27.1. The van der Waals surface area contributed by atoms with Gasteiger partial charge in [0.25, 0.3) is 0 Å². The first kappa shape index (κ1) is 14.0. The Kier molecular flexibility index (Phi) is 3.56. The second-order valence-corrected chi connectivity index (χ2v) is 7.12. The summed E-state index contributed by atoms with van der Waals surface area (Å²) < 4.78 is 7.07. The molecule has 1 aliphatic heterocycles. The summed E-state index contributed by atoms with van der Waals surface area (Å²) in [6.07, 6.45) is 2.75. The zero-order valence-electron chi connectivity index (χ0n) is 11.4. The van der Waals surface area contributed by atoms with Crippen molar-refractivity contribution < 1.29 is 4.74 Å². The van der Waals surface area contributed by atoms with Crippen molar-refractivity contribution in [2.75, 3.05) is 0 Å². The molecule has 2 N–H and O–H groups in total. The second kappa shape index (κ2) is 4.58. The highest BCUT2D eigenvalue weighted by atomic mass is 79.9. The SMILES string of the molecule is CC1(C)CC(C(N)c2ccc(Br)cn2)C(C)(C)O1. The Hall–Kier alpha value is -0.450. The summed E-state index contributed by atoms with van der Waals surface area (Å²) in [6.45, 7) is 8.48. The molecule has 100 valence electrons. The molecule has 0 bridgehead atoms. The van der Waals surface area contributed by atoms with Gasteiger partial charge >= 0.3 is 0 Å². The third kappa shape index (κ3) is 2.76. The van der Waals surface area contributed by atoms with Crippen molar-refractivity contribution in [2.24, 2.45) is 11.7 Å². The summed E-state index contributed by atoms with van der Waals surface area (Å²) in [5, 5.41) is 0. The Morgan fingerprint density at radius 2 is 2.06 bits per heavy atom. The van der Waals surface area contributed by atoms with E-state index in [4.69, 9.17) is 10.5 Å². The fourth-order valence-electron chi connectivity index (χ4n) is 2.95. The number of nitrogens with zero attached hydrogens (tertiary/aromatic N) is 1. The molecule has 1 aliphatic rings. The van der Waals surface area contributed by atoms with Crippen LogP contribution in [0.15, 0.2) is 22.8 Å². The van der Waals surface area contributed by atoms with Crippen molar-refractivity contribution in [1.82, 2.24) is 4.98 Å². The predicted octanol–water partition coefficient (Wildman–Crippen LogP) is 3.44. The van der Waals surface area contributed by atoms with Gasteiger partial charge in [-0.3, -0.25) is 4.98 Å². The number of rotatable bonds is 2. The lowest BCUT2D eigenvalue weighted by molar-refractivity contribution is -0.0768. The minimum absolute atomic E-state index is 0.0881. The summed E-state index contributed by atoms with van der Waals surface area (Å²) in [7, 11) is 0. The Bertz CT molecular complexity index is 428. The van der Waals surface area contributed by atoms with Gasteiger partial charge in [-0.1, -0.05) is 0 Å². The van der Waals surface area contributed by atoms with E-state index in [9.17, 15) is 0 Å². The second-order valence-electron chi connectivity index (χ2n) is 6.20. The molecule has 18 heavy (non-hydrogen) atoms. The maximum absolute atomic E-state index is 6.39. The van der Waals surface area contributed by atoms with Crippen LogP contribution < -0.4 is 5.73 Å². The maximum atomic E-state index is 6.39. The number of hydrogen-bond acceptors (Lipinski definition) is 3. The highest BCUT2D eigenvalue weighted by molar-refractivity contribution is 9.10. The molecule has 1 saturated heterocycles. The molecule has 2 rings (SSSR count). The number of hydrogen-bond donors (Lipinski definition) is 1. The molecular weight excluding hydrogens is 292 g/mol. The standard InChI is InChI=1S/C14H21BrN2O/c1-13(2)7-10(14(3,4)18-13)12(16)11-6-5-9(15)8-17-11/h5-6,8,10,12H,7,16H2,1-4H3. The predicted molar refractivity (Wildman–Crippen MR) is 76.2 cm³/mol. The highest BCUT2D eigenvalue weighted by Gasteiger charge is 2.48. The molecule has 0 spiro atoms. The molecule has 0 aliphatic carbocycles. The van der Waals surface area contributed by atoms with Crippen LogP contribution in [-0.2, 0) is 4.74 Å². The van der Waals surface area contributed by atoms with Crippen LogP contribution in [0.5, 0.6) is 0 Å². The largest absolute Gasteiger partial charge is 0.369 e. The molecule has 1 fully saturated rings. The van der Waals surface area contributed by atoms with Crippen LogP contribution in [0.1, 0.15) is 45.9 Å². The van der Waals surface area contributed by atoms with E-state index < -0.39 is 0 Å². The van der Waals surface area contributed by atoms with Crippen LogP contribution >= 0.6 is 15.9 Å². The number of pyridine rings is 1. The molecule has 0 radical (unpaired) electrons. The molecule has 1 aromatic rings. The molecule has 2 unspecified atom stereocenters. The van der Waals surface area contributed by atoms with Crippen molar-refractivity contribution >= 4 is 15.9 Å². The number of nitrogens with two attached hydrogens (primary N) is 1. The third-order valence-electron chi connectivity index (χ3n) is 3.67. The van der Waals surface area contributed by atoms with E-state index in [2.05, 4.69) is 48.6 Å². The van der Waals surface area contributed by atoms with E-state index >= 15 is 0 Å². The van der Waals surface area contributed by atoms with Crippen LogP contribution in [0.3, 0.4) is 0 Å². The Labute approximate surface area is 117 Å². The zero-order chi connectivity index (χ0) is 13.6. The van der Waals surface area contributed by atoms with Gasteiger partial charge in [-0.05, 0) is 62.2 Å². The van der Waals surface area contributed by atoms with E-state index in [-0.39, 0.29) is 23.2 Å². The number of ether oxygens (including phenoxy) is 1. The van der Waals surface area contributed by atoms with Crippen LogP contribution in [0.4, 0.5) is 0 Å². The summed E-state index contributed by atoms with van der Waals surface area (Å²) >= 11 is 3.39. The van der Waals surface area contributed by atoms with Crippen molar-refractivity contribution in [3.8, 4) is 0 Å². The molecular formula is C14H21BrN2O. The summed E-state index contributed by atoms with van der Waals surface area (Å²) in [5.41, 5.74) is 7.00. The van der Waals surface area contributed by atoms with E-state index in [1.54, 1.807) is 6.20 Å². The Morgan fingerprint density at radius 3 is 2.50 bits per heavy atom. The zero-order valence-corrected chi connectivity index (χ0v) is 13.0. The van der Waals surface area contributed by atoms with Gasteiger partial charge in [-0.2, -0.15) is 0 Å². The van der Waals surface area contributed by atoms with Gasteiger partial charge in [0.15, 0.2) is 0 Å². The lowest BCUT2D eigenvalue weighted by Gasteiger charge is -2.30. The van der Waals surface area contributed by atoms with Gasteiger partial charge in [0, 0.05) is 16.6 Å². The smallest absolute Gasteiger partial charge is 0.0681 e. The molecule has 2 atom stereocenters. The van der Waals surface area contributed by atoms with Crippen molar-refractivity contribution in [3.63, 3.8) is 0 Å². The average Bonchev–Trinajstić information content (AvgIpc) is 2.47. The van der Waals surface area contributed by atoms with Crippen LogP contribution in [0.2, 0.25) is 0 Å². The van der Waals surface area contributed by atoms with Crippen LogP contribution in [0.25, 0.3) is 0 Å². The topological polar surface area (TPSA) is 48.1 Å². The van der Waals surface area contributed by atoms with E-state index in [1.165, 1.54) is 0 Å². The van der Waals surface area contributed by atoms with Crippen LogP contribution in [0, 0.1) is 5.92 Å². The minimum Gasteiger partial charge on any atom is -0.369 e. The molecule has 3 nitrogen and oxygen atoms in total. The molecule has 2 heterocycles. The maximum Gasteiger partial charge on any atom is 0.0681 e. The fourth-order valence-corrected chi connectivity index (χ4v) is 3.19. The molecule has 4 heteroatoms. The van der Waals surface area contributed by atoms with Gasteiger partial charge in [-0.25, -0.2) is 0 Å². The van der Waals surface area contributed by atoms with Gasteiger partial charge in [0.2, 0.25) is 0 Å². The van der Waals surface area contributed by atoms with E-state index in [0.717, 1.165) is 16.6 Å². The number of halogens is 1. The van der Waals surface area contributed by atoms with Gasteiger partial charge in [0.05, 0.1) is 22.9 Å². The first-order valence-corrected chi connectivity index (χ1v) is 7.08. The minimum atomic E-state index is -0.211. The van der Waals surface area contributed by atoms with Gasteiger partial charge < -0.3 is 10.5 Å². The first-order valence-electron chi connectivity index (χ1n) is 6.28. The van der Waals surface area contributed by atoms with Gasteiger partial charge in [-0.15, -0.1) is 0 Å². The lowest BCUT2D eigenvalue weighted by Crippen LogP contribution is -2.36. The first-order chi connectivity index (χ1) is 8.21. The summed E-state index contributed by atoms with van der Waals surface area (Å²) in [5.74, 6) is 0.279. The van der Waals surface area contributed by atoms with Crippen molar-refractivity contribution in [2.45, 2.75) is 51.4 Å². The summed E-state index contributed by atoms with van der Waals surface area (Å²) in [4.78, 5) is 4.41. The van der Waals surface area contributed by atoms with Gasteiger partial charge in [0.1, 0.15) is 0 Å². The molecule has 1 aromatic heterocycles. The van der Waals surface area contributed by atoms with Crippen molar-refractivity contribution in [1.29, 1.82) is 0 Å². The molecule has 0 saturated carbocycles. The quantitative estimate of drug-likeness (QED) is 0.910. The van der Waals surface area contributed by atoms with Crippen molar-refractivity contribution in [3.05, 3.63) is 28.5 Å².